The van der Waals surface area contributed by atoms with Crippen LogP contribution in [0.15, 0.2) is 24.5 Å². The lowest BCUT2D eigenvalue weighted by Gasteiger charge is -2.49. The molecule has 10 heteroatoms. The van der Waals surface area contributed by atoms with Gasteiger partial charge in [0.2, 0.25) is 5.95 Å². The summed E-state index contributed by atoms with van der Waals surface area (Å²) < 4.78 is 7.33. The molecule has 31 heavy (non-hydrogen) atoms. The summed E-state index contributed by atoms with van der Waals surface area (Å²) in [4.78, 5) is 11.5. The van der Waals surface area contributed by atoms with Gasteiger partial charge in [0.25, 0.3) is 0 Å². The Kier molecular flexibility index (Phi) is 5.42. The number of ether oxygens (including phenoxy) is 1. The van der Waals surface area contributed by atoms with Crippen molar-refractivity contribution < 1.29 is 4.74 Å². The normalized spacial score (nSPS) is 19.4. The van der Waals surface area contributed by atoms with Crippen LogP contribution < -0.4 is 10.6 Å². The summed E-state index contributed by atoms with van der Waals surface area (Å²) in [7, 11) is 1.83. The largest absolute Gasteiger partial charge is 0.387 e. The Hall–Kier alpha value is -2.13. The third-order valence-corrected chi connectivity index (χ3v) is 7.01. The van der Waals surface area contributed by atoms with Gasteiger partial charge in [-0.25, -0.2) is 14.6 Å². The third-order valence-electron chi connectivity index (χ3n) is 6.32. The first-order chi connectivity index (χ1) is 15.0. The molecule has 0 spiro atoms. The summed E-state index contributed by atoms with van der Waals surface area (Å²) in [6.45, 7) is 5.96. The quantitative estimate of drug-likeness (QED) is 0.584. The van der Waals surface area contributed by atoms with Crippen molar-refractivity contribution in [3.8, 4) is 0 Å². The standard InChI is InChI=1S/C21H25Cl2N7O/c1-21(11-31-12-21)29-5-3-14(4-6-29)30-19(23)18(10-26-30)28-20-25-9-13-7-15(22)17(24-2)8-16(13)27-20/h7-10,14,24H,3-6,11-12H2,1-2H3,(H,25,27,28). The zero-order chi connectivity index (χ0) is 21.6. The van der Waals surface area contributed by atoms with Crippen molar-refractivity contribution in [3.63, 3.8) is 0 Å². The summed E-state index contributed by atoms with van der Waals surface area (Å²) in [6, 6.07) is 4.03. The molecule has 2 fully saturated rings. The van der Waals surface area contributed by atoms with E-state index in [1.807, 2.05) is 23.9 Å². The molecule has 0 amide bonds. The number of nitrogens with one attached hydrogen (secondary N) is 2. The van der Waals surface area contributed by atoms with Crippen molar-refractivity contribution in [3.05, 3.63) is 34.7 Å². The number of anilines is 3. The Labute approximate surface area is 190 Å². The van der Waals surface area contributed by atoms with E-state index in [9.17, 15) is 0 Å². The van der Waals surface area contributed by atoms with E-state index >= 15 is 0 Å². The fraction of sp³-hybridized carbons (Fsp3) is 0.476. The Morgan fingerprint density at radius 2 is 1.90 bits per heavy atom. The number of halogens is 2. The number of hydrogen-bond donors (Lipinski definition) is 2. The minimum atomic E-state index is 0.191. The molecule has 2 N–H and O–H groups in total. The van der Waals surface area contributed by atoms with E-state index in [4.69, 9.17) is 27.9 Å². The molecule has 0 saturated carbocycles. The van der Waals surface area contributed by atoms with Crippen molar-refractivity contribution in [2.24, 2.45) is 0 Å². The number of likely N-dealkylation sites (tertiary alicyclic amines) is 1. The molecular formula is C21H25Cl2N7O. The minimum absolute atomic E-state index is 0.191. The lowest BCUT2D eigenvalue weighted by atomic mass is 9.93. The molecule has 3 aromatic rings. The zero-order valence-corrected chi connectivity index (χ0v) is 19.0. The lowest BCUT2D eigenvalue weighted by Crippen LogP contribution is -2.61. The molecule has 2 aromatic heterocycles. The van der Waals surface area contributed by atoms with Gasteiger partial charge < -0.3 is 15.4 Å². The summed E-state index contributed by atoms with van der Waals surface area (Å²) in [5, 5.41) is 12.9. The molecule has 2 aliphatic heterocycles. The Morgan fingerprint density at radius 1 is 1.13 bits per heavy atom. The number of piperidine rings is 1. The maximum atomic E-state index is 6.68. The topological polar surface area (TPSA) is 80.1 Å². The summed E-state index contributed by atoms with van der Waals surface area (Å²) >= 11 is 12.9. The SMILES string of the molecule is CNc1cc2nc(Nc3cnn(C4CCN(C5(C)COC5)CC4)c3Cl)ncc2cc1Cl. The van der Waals surface area contributed by atoms with Crippen LogP contribution in [0, 0.1) is 0 Å². The van der Waals surface area contributed by atoms with Gasteiger partial charge in [0.15, 0.2) is 5.15 Å². The molecule has 0 unspecified atom stereocenters. The lowest BCUT2D eigenvalue weighted by molar-refractivity contribution is -0.137. The van der Waals surface area contributed by atoms with E-state index in [-0.39, 0.29) is 11.6 Å². The van der Waals surface area contributed by atoms with E-state index in [1.54, 1.807) is 12.4 Å². The number of benzene rings is 1. The van der Waals surface area contributed by atoms with Crippen LogP contribution in [0.2, 0.25) is 10.2 Å². The Balaban J connectivity index is 1.31. The molecule has 1 aromatic carbocycles. The van der Waals surface area contributed by atoms with Crippen LogP contribution in [0.4, 0.5) is 17.3 Å². The van der Waals surface area contributed by atoms with E-state index in [2.05, 4.69) is 37.5 Å². The highest BCUT2D eigenvalue weighted by Crippen LogP contribution is 2.35. The van der Waals surface area contributed by atoms with Crippen LogP contribution in [0.3, 0.4) is 0 Å². The van der Waals surface area contributed by atoms with Gasteiger partial charge in [-0.15, -0.1) is 0 Å². The average molecular weight is 462 g/mol. The van der Waals surface area contributed by atoms with Crippen LogP contribution >= 0.6 is 23.2 Å². The molecule has 0 bridgehead atoms. The van der Waals surface area contributed by atoms with Gasteiger partial charge in [0, 0.05) is 31.7 Å². The molecule has 2 saturated heterocycles. The van der Waals surface area contributed by atoms with E-state index in [0.29, 0.717) is 21.8 Å². The van der Waals surface area contributed by atoms with Crippen molar-refractivity contribution in [2.45, 2.75) is 31.3 Å². The second-order valence-electron chi connectivity index (χ2n) is 8.46. The van der Waals surface area contributed by atoms with Crippen LogP contribution in [-0.4, -0.2) is 63.5 Å². The molecule has 4 heterocycles. The summed E-state index contributed by atoms with van der Waals surface area (Å²) in [5.74, 6) is 0.464. The predicted molar refractivity (Wildman–Crippen MR) is 124 cm³/mol. The van der Waals surface area contributed by atoms with Crippen LogP contribution in [0.5, 0.6) is 0 Å². The summed E-state index contributed by atoms with van der Waals surface area (Å²) in [6.07, 6.45) is 5.51. The second-order valence-corrected chi connectivity index (χ2v) is 9.23. The van der Waals surface area contributed by atoms with Crippen LogP contribution in [0.1, 0.15) is 25.8 Å². The molecule has 164 valence electrons. The van der Waals surface area contributed by atoms with Crippen molar-refractivity contribution >= 4 is 51.4 Å². The minimum Gasteiger partial charge on any atom is -0.387 e. The second kappa shape index (κ2) is 8.09. The van der Waals surface area contributed by atoms with Gasteiger partial charge in [-0.3, -0.25) is 4.90 Å². The molecular weight excluding hydrogens is 437 g/mol. The van der Waals surface area contributed by atoms with Gasteiger partial charge >= 0.3 is 0 Å². The van der Waals surface area contributed by atoms with Gasteiger partial charge in [0.05, 0.1) is 52.9 Å². The predicted octanol–water partition coefficient (Wildman–Crippen LogP) is 4.34. The fourth-order valence-electron chi connectivity index (χ4n) is 4.34. The summed E-state index contributed by atoms with van der Waals surface area (Å²) in [5.41, 5.74) is 2.50. The Bertz CT molecular complexity index is 1110. The van der Waals surface area contributed by atoms with Gasteiger partial charge in [-0.1, -0.05) is 23.2 Å². The maximum Gasteiger partial charge on any atom is 0.227 e. The van der Waals surface area contributed by atoms with E-state index in [1.165, 1.54) is 0 Å². The third kappa shape index (κ3) is 3.82. The van der Waals surface area contributed by atoms with Crippen molar-refractivity contribution in [1.82, 2.24) is 24.6 Å². The molecule has 2 aliphatic rings. The highest BCUT2D eigenvalue weighted by Gasteiger charge is 2.41. The highest BCUT2D eigenvalue weighted by molar-refractivity contribution is 6.34. The molecule has 8 nitrogen and oxygen atoms in total. The van der Waals surface area contributed by atoms with E-state index < -0.39 is 0 Å². The van der Waals surface area contributed by atoms with Gasteiger partial charge in [-0.05, 0) is 31.9 Å². The molecule has 0 atom stereocenters. The first-order valence-electron chi connectivity index (χ1n) is 10.4. The van der Waals surface area contributed by atoms with E-state index in [0.717, 1.165) is 55.7 Å². The molecule has 0 radical (unpaired) electrons. The molecule has 5 rings (SSSR count). The van der Waals surface area contributed by atoms with Crippen molar-refractivity contribution in [2.75, 3.05) is 44.0 Å². The Morgan fingerprint density at radius 3 is 2.58 bits per heavy atom. The molecule has 0 aliphatic carbocycles. The number of hydrogen-bond acceptors (Lipinski definition) is 7. The van der Waals surface area contributed by atoms with Crippen LogP contribution in [-0.2, 0) is 4.74 Å². The van der Waals surface area contributed by atoms with Crippen molar-refractivity contribution in [1.29, 1.82) is 0 Å². The number of aromatic nitrogens is 4. The van der Waals surface area contributed by atoms with Crippen LogP contribution in [0.25, 0.3) is 10.9 Å². The first-order valence-corrected chi connectivity index (χ1v) is 11.2. The zero-order valence-electron chi connectivity index (χ0n) is 17.5. The fourth-order valence-corrected chi connectivity index (χ4v) is 4.88. The number of nitrogens with zero attached hydrogens (tertiary/aromatic N) is 5. The number of rotatable bonds is 5. The van der Waals surface area contributed by atoms with Gasteiger partial charge in [0.1, 0.15) is 0 Å². The van der Waals surface area contributed by atoms with Gasteiger partial charge in [-0.2, -0.15) is 5.10 Å². The number of fused-ring (bicyclic) bond motifs is 1. The average Bonchev–Trinajstić information content (AvgIpc) is 3.12. The maximum absolute atomic E-state index is 6.68. The smallest absolute Gasteiger partial charge is 0.227 e. The monoisotopic (exact) mass is 461 g/mol. The first kappa shape index (κ1) is 20.8. The highest BCUT2D eigenvalue weighted by atomic mass is 35.5.